The smallest absolute Gasteiger partial charge is 0.408 e. The monoisotopic (exact) mass is 612 g/mol. The van der Waals surface area contributed by atoms with Crippen molar-refractivity contribution >= 4 is 29.8 Å². The van der Waals surface area contributed by atoms with Crippen molar-refractivity contribution in [1.82, 2.24) is 21.3 Å². The van der Waals surface area contributed by atoms with Crippen molar-refractivity contribution in [1.29, 1.82) is 0 Å². The van der Waals surface area contributed by atoms with Gasteiger partial charge in [-0.15, -0.1) is 0 Å². The van der Waals surface area contributed by atoms with E-state index in [0.717, 1.165) is 12.0 Å². The van der Waals surface area contributed by atoms with E-state index in [-0.39, 0.29) is 37.7 Å². The average molecular weight is 613 g/mol. The van der Waals surface area contributed by atoms with Crippen molar-refractivity contribution in [2.75, 3.05) is 13.7 Å². The molecule has 12 heteroatoms. The second-order valence-electron chi connectivity index (χ2n) is 11.2. The van der Waals surface area contributed by atoms with Crippen molar-refractivity contribution in [2.24, 2.45) is 11.8 Å². The highest BCUT2D eigenvalue weighted by Crippen LogP contribution is 2.19. The summed E-state index contributed by atoms with van der Waals surface area (Å²) in [7, 11) is 1.19. The number of ether oxygens (including phenoxy) is 2. The largest absolute Gasteiger partial charge is 0.467 e. The lowest BCUT2D eigenvalue weighted by Gasteiger charge is -2.28. The standard InChI is InChI=1S/C32H41FN4O7/c1-20(2)16-25(29(39)36-27(31(41)43-3)18-23-10-7-15-34-28(23)38)35-30(40)26(17-21-11-13-24(33)14-12-21)37-32(42)44-19-22-8-5-4-6-9-22/h4-6,8-9,11-14,20,23,25-27H,7,10,15-19H2,1-3H3,(H,34,38)(H,35,40)(H,36,39)(H,37,42)/t23?,25-,26-,27-/m0/s1. The molecule has 1 unspecified atom stereocenters. The van der Waals surface area contributed by atoms with Gasteiger partial charge in [0.2, 0.25) is 17.7 Å². The Bertz CT molecular complexity index is 1270. The Hall–Kier alpha value is -4.48. The van der Waals surface area contributed by atoms with Crippen LogP contribution >= 0.6 is 0 Å². The molecule has 1 aliphatic heterocycles. The predicted molar refractivity (Wildman–Crippen MR) is 159 cm³/mol. The second kappa shape index (κ2) is 17.0. The van der Waals surface area contributed by atoms with Gasteiger partial charge in [0.1, 0.15) is 30.5 Å². The van der Waals surface area contributed by atoms with E-state index in [2.05, 4.69) is 21.3 Å². The maximum atomic E-state index is 13.6. The fraction of sp³-hybridized carbons (Fsp3) is 0.469. The van der Waals surface area contributed by atoms with Gasteiger partial charge in [0, 0.05) is 18.9 Å². The Morgan fingerprint density at radius 1 is 0.909 bits per heavy atom. The summed E-state index contributed by atoms with van der Waals surface area (Å²) < 4.78 is 23.7. The molecule has 1 fully saturated rings. The molecule has 0 spiro atoms. The summed E-state index contributed by atoms with van der Waals surface area (Å²) in [5.41, 5.74) is 1.32. The maximum Gasteiger partial charge on any atom is 0.408 e. The zero-order valence-electron chi connectivity index (χ0n) is 25.3. The number of hydrogen-bond donors (Lipinski definition) is 4. The molecular formula is C32H41FN4O7. The summed E-state index contributed by atoms with van der Waals surface area (Å²) in [4.78, 5) is 64.6. The number of hydrogen-bond acceptors (Lipinski definition) is 7. The van der Waals surface area contributed by atoms with Crippen LogP contribution in [-0.4, -0.2) is 61.6 Å². The first kappa shape index (κ1) is 34.0. The Kier molecular flexibility index (Phi) is 13.1. The van der Waals surface area contributed by atoms with Crippen LogP contribution in [0.3, 0.4) is 0 Å². The molecule has 11 nitrogen and oxygen atoms in total. The van der Waals surface area contributed by atoms with E-state index in [0.29, 0.717) is 18.5 Å². The predicted octanol–water partition coefficient (Wildman–Crippen LogP) is 2.77. The van der Waals surface area contributed by atoms with E-state index < -0.39 is 53.7 Å². The Morgan fingerprint density at radius 3 is 2.20 bits per heavy atom. The summed E-state index contributed by atoms with van der Waals surface area (Å²) in [6.45, 7) is 4.27. The number of nitrogens with one attached hydrogen (secondary N) is 4. The fourth-order valence-corrected chi connectivity index (χ4v) is 4.92. The summed E-state index contributed by atoms with van der Waals surface area (Å²) in [6.07, 6.45) is 0.729. The van der Waals surface area contributed by atoms with Gasteiger partial charge in [0.05, 0.1) is 7.11 Å². The number of rotatable bonds is 14. The topological polar surface area (TPSA) is 152 Å². The van der Waals surface area contributed by atoms with Gasteiger partial charge in [0.25, 0.3) is 0 Å². The molecular weight excluding hydrogens is 571 g/mol. The second-order valence-corrected chi connectivity index (χ2v) is 11.2. The van der Waals surface area contributed by atoms with Crippen LogP contribution in [0.5, 0.6) is 0 Å². The molecule has 44 heavy (non-hydrogen) atoms. The molecule has 1 heterocycles. The fourth-order valence-electron chi connectivity index (χ4n) is 4.92. The van der Waals surface area contributed by atoms with E-state index in [1.807, 2.05) is 19.9 Å². The molecule has 3 rings (SSSR count). The minimum atomic E-state index is -1.17. The molecule has 4 atom stereocenters. The first-order valence-electron chi connectivity index (χ1n) is 14.7. The SMILES string of the molecule is COC(=O)[C@H](CC1CCCNC1=O)NC(=O)[C@H](CC(C)C)NC(=O)[C@H](Cc1ccc(F)cc1)NC(=O)OCc1ccccc1. The third-order valence-electron chi connectivity index (χ3n) is 7.24. The maximum absolute atomic E-state index is 13.6. The van der Waals surface area contributed by atoms with Crippen LogP contribution in [0.25, 0.3) is 0 Å². The van der Waals surface area contributed by atoms with Crippen LogP contribution in [0.15, 0.2) is 54.6 Å². The lowest BCUT2D eigenvalue weighted by Crippen LogP contribution is -2.57. The van der Waals surface area contributed by atoms with Gasteiger partial charge in [-0.3, -0.25) is 14.4 Å². The highest BCUT2D eigenvalue weighted by atomic mass is 19.1. The lowest BCUT2D eigenvalue weighted by molar-refractivity contribution is -0.146. The van der Waals surface area contributed by atoms with Gasteiger partial charge in [-0.1, -0.05) is 56.3 Å². The molecule has 4 amide bonds. The molecule has 0 aliphatic carbocycles. The Morgan fingerprint density at radius 2 is 1.57 bits per heavy atom. The van der Waals surface area contributed by atoms with Crippen LogP contribution < -0.4 is 21.3 Å². The normalized spacial score (nSPS) is 16.6. The minimum absolute atomic E-state index is 0.00978. The molecule has 1 saturated heterocycles. The Labute approximate surface area is 256 Å². The number of halogens is 1. The van der Waals surface area contributed by atoms with Crippen LogP contribution in [0.2, 0.25) is 0 Å². The number of carbonyl (C=O) groups excluding carboxylic acids is 5. The van der Waals surface area contributed by atoms with Crippen LogP contribution in [0.1, 0.15) is 50.7 Å². The summed E-state index contributed by atoms with van der Waals surface area (Å²) in [5, 5.41) is 10.7. The van der Waals surface area contributed by atoms with Crippen molar-refractivity contribution in [3.63, 3.8) is 0 Å². The molecule has 0 aromatic heterocycles. The number of amides is 4. The molecule has 2 aromatic carbocycles. The highest BCUT2D eigenvalue weighted by molar-refractivity contribution is 5.93. The van der Waals surface area contributed by atoms with Gasteiger partial charge in [-0.05, 0) is 54.9 Å². The van der Waals surface area contributed by atoms with Crippen molar-refractivity contribution < 1.29 is 37.8 Å². The number of carbonyl (C=O) groups is 5. The first-order valence-corrected chi connectivity index (χ1v) is 14.7. The van der Waals surface area contributed by atoms with Crippen molar-refractivity contribution in [3.8, 4) is 0 Å². The van der Waals surface area contributed by atoms with Gasteiger partial charge in [-0.25, -0.2) is 14.0 Å². The lowest BCUT2D eigenvalue weighted by atomic mass is 9.91. The van der Waals surface area contributed by atoms with Crippen LogP contribution in [-0.2, 0) is 41.7 Å². The van der Waals surface area contributed by atoms with Gasteiger partial charge < -0.3 is 30.7 Å². The minimum Gasteiger partial charge on any atom is -0.467 e. The van der Waals surface area contributed by atoms with Gasteiger partial charge >= 0.3 is 12.1 Å². The number of methoxy groups -OCH3 is 1. The van der Waals surface area contributed by atoms with E-state index >= 15 is 0 Å². The number of esters is 1. The molecule has 238 valence electrons. The zero-order chi connectivity index (χ0) is 32.1. The van der Waals surface area contributed by atoms with E-state index in [9.17, 15) is 28.4 Å². The van der Waals surface area contributed by atoms with E-state index in [1.165, 1.54) is 31.4 Å². The number of alkyl carbamates (subject to hydrolysis) is 1. The summed E-state index contributed by atoms with van der Waals surface area (Å²) in [6, 6.07) is 11.1. The summed E-state index contributed by atoms with van der Waals surface area (Å²) >= 11 is 0. The molecule has 0 radical (unpaired) electrons. The Balaban J connectivity index is 1.74. The number of piperidine rings is 1. The average Bonchev–Trinajstić information content (AvgIpc) is 3.01. The molecule has 2 aromatic rings. The quantitative estimate of drug-likeness (QED) is 0.240. The number of benzene rings is 2. The molecule has 4 N–H and O–H groups in total. The third kappa shape index (κ3) is 11.0. The van der Waals surface area contributed by atoms with Gasteiger partial charge in [-0.2, -0.15) is 0 Å². The zero-order valence-corrected chi connectivity index (χ0v) is 25.3. The molecule has 0 bridgehead atoms. The summed E-state index contributed by atoms with van der Waals surface area (Å²) in [5.74, 6) is -3.17. The van der Waals surface area contributed by atoms with Crippen LogP contribution in [0, 0.1) is 17.7 Å². The molecule has 0 saturated carbocycles. The van der Waals surface area contributed by atoms with E-state index in [1.54, 1.807) is 24.3 Å². The molecule has 1 aliphatic rings. The van der Waals surface area contributed by atoms with Gasteiger partial charge in [0.15, 0.2) is 0 Å². The van der Waals surface area contributed by atoms with Crippen molar-refractivity contribution in [3.05, 3.63) is 71.5 Å². The first-order chi connectivity index (χ1) is 21.0. The van der Waals surface area contributed by atoms with E-state index in [4.69, 9.17) is 9.47 Å². The third-order valence-corrected chi connectivity index (χ3v) is 7.24. The van der Waals surface area contributed by atoms with Crippen LogP contribution in [0.4, 0.5) is 9.18 Å². The highest BCUT2D eigenvalue weighted by Gasteiger charge is 2.34. The van der Waals surface area contributed by atoms with Crippen molar-refractivity contribution in [2.45, 2.75) is 70.7 Å².